The molecule has 4 heteroatoms. The largest absolute Gasteiger partial charge is 0.394 e. The van der Waals surface area contributed by atoms with Crippen LogP contribution in [0.15, 0.2) is 30.3 Å². The van der Waals surface area contributed by atoms with Gasteiger partial charge in [0, 0.05) is 0 Å². The summed E-state index contributed by atoms with van der Waals surface area (Å²) >= 11 is 0. The predicted molar refractivity (Wildman–Crippen MR) is 72.5 cm³/mol. The Bertz CT molecular complexity index is 399. The van der Waals surface area contributed by atoms with Gasteiger partial charge in [0.15, 0.2) is 0 Å². The second kappa shape index (κ2) is 6.68. The van der Waals surface area contributed by atoms with Crippen LogP contribution in [0.2, 0.25) is 0 Å². The molecule has 1 aromatic rings. The molecule has 0 spiro atoms. The lowest BCUT2D eigenvalue weighted by Crippen LogP contribution is -2.50. The van der Waals surface area contributed by atoms with Crippen LogP contribution >= 0.6 is 0 Å². The standard InChI is InChI=1S/C15H21NO3/c17-12-15(8-4-5-9-15)16-14(18)11-19-10-13-6-2-1-3-7-13/h1-3,6-7,17H,4-5,8-12H2,(H,16,18). The van der Waals surface area contributed by atoms with Gasteiger partial charge in [-0.3, -0.25) is 4.79 Å². The molecule has 0 atom stereocenters. The van der Waals surface area contributed by atoms with Crippen molar-refractivity contribution in [3.63, 3.8) is 0 Å². The van der Waals surface area contributed by atoms with Gasteiger partial charge in [0.25, 0.3) is 0 Å². The van der Waals surface area contributed by atoms with Gasteiger partial charge in [-0.15, -0.1) is 0 Å². The highest BCUT2D eigenvalue weighted by atomic mass is 16.5. The van der Waals surface area contributed by atoms with Crippen LogP contribution in [-0.2, 0) is 16.1 Å². The van der Waals surface area contributed by atoms with Crippen molar-refractivity contribution in [1.29, 1.82) is 0 Å². The zero-order valence-corrected chi connectivity index (χ0v) is 11.1. The molecule has 0 aliphatic heterocycles. The highest BCUT2D eigenvalue weighted by Crippen LogP contribution is 2.28. The minimum absolute atomic E-state index is 0.0113. The average molecular weight is 263 g/mol. The first-order valence-corrected chi connectivity index (χ1v) is 6.78. The predicted octanol–water partition coefficient (Wildman–Crippen LogP) is 1.62. The maximum Gasteiger partial charge on any atom is 0.246 e. The smallest absolute Gasteiger partial charge is 0.246 e. The van der Waals surface area contributed by atoms with Crippen LogP contribution in [0.5, 0.6) is 0 Å². The summed E-state index contributed by atoms with van der Waals surface area (Å²) in [6.45, 7) is 0.481. The van der Waals surface area contributed by atoms with Crippen LogP contribution in [0.4, 0.5) is 0 Å². The van der Waals surface area contributed by atoms with Crippen LogP contribution in [0, 0.1) is 0 Å². The molecule has 104 valence electrons. The summed E-state index contributed by atoms with van der Waals surface area (Å²) < 4.78 is 5.39. The zero-order chi connectivity index (χ0) is 13.6. The Morgan fingerprint density at radius 2 is 1.95 bits per heavy atom. The van der Waals surface area contributed by atoms with Crippen molar-refractivity contribution >= 4 is 5.91 Å². The molecule has 19 heavy (non-hydrogen) atoms. The van der Waals surface area contributed by atoms with Gasteiger partial charge in [0.1, 0.15) is 6.61 Å². The number of rotatable bonds is 6. The third-order valence-electron chi connectivity index (χ3n) is 3.61. The number of hydrogen-bond donors (Lipinski definition) is 2. The molecule has 1 fully saturated rings. The van der Waals surface area contributed by atoms with E-state index in [0.29, 0.717) is 6.61 Å². The van der Waals surface area contributed by atoms with E-state index in [2.05, 4.69) is 5.32 Å². The van der Waals surface area contributed by atoms with Crippen molar-refractivity contribution < 1.29 is 14.6 Å². The molecule has 1 aromatic carbocycles. The SMILES string of the molecule is O=C(COCc1ccccc1)NC1(CO)CCCC1. The van der Waals surface area contributed by atoms with Gasteiger partial charge in [0.05, 0.1) is 18.8 Å². The lowest BCUT2D eigenvalue weighted by Gasteiger charge is -2.27. The molecule has 0 saturated heterocycles. The molecule has 0 bridgehead atoms. The summed E-state index contributed by atoms with van der Waals surface area (Å²) in [5.41, 5.74) is 0.640. The van der Waals surface area contributed by atoms with Crippen LogP contribution in [0.25, 0.3) is 0 Å². The lowest BCUT2D eigenvalue weighted by atomic mass is 9.99. The number of hydrogen-bond acceptors (Lipinski definition) is 3. The summed E-state index contributed by atoms with van der Waals surface area (Å²) in [6, 6.07) is 9.76. The fraction of sp³-hybridized carbons (Fsp3) is 0.533. The van der Waals surface area contributed by atoms with E-state index in [1.54, 1.807) is 0 Å². The second-order valence-corrected chi connectivity index (χ2v) is 5.17. The van der Waals surface area contributed by atoms with Crippen molar-refractivity contribution in [2.45, 2.75) is 37.8 Å². The Labute approximate surface area is 113 Å². The number of benzene rings is 1. The Morgan fingerprint density at radius 1 is 1.26 bits per heavy atom. The Morgan fingerprint density at radius 3 is 2.58 bits per heavy atom. The van der Waals surface area contributed by atoms with Crippen molar-refractivity contribution in [2.75, 3.05) is 13.2 Å². The van der Waals surface area contributed by atoms with Crippen LogP contribution < -0.4 is 5.32 Å². The molecule has 1 aliphatic rings. The van der Waals surface area contributed by atoms with Crippen molar-refractivity contribution in [3.8, 4) is 0 Å². The summed E-state index contributed by atoms with van der Waals surface area (Å²) in [6.07, 6.45) is 3.83. The monoisotopic (exact) mass is 263 g/mol. The lowest BCUT2D eigenvalue weighted by molar-refractivity contribution is -0.128. The average Bonchev–Trinajstić information content (AvgIpc) is 2.89. The van der Waals surface area contributed by atoms with Gasteiger partial charge in [-0.1, -0.05) is 43.2 Å². The van der Waals surface area contributed by atoms with E-state index in [1.807, 2.05) is 30.3 Å². The molecule has 1 amide bonds. The van der Waals surface area contributed by atoms with Gasteiger partial charge in [-0.2, -0.15) is 0 Å². The quantitative estimate of drug-likeness (QED) is 0.820. The molecular formula is C15H21NO3. The van der Waals surface area contributed by atoms with Gasteiger partial charge in [-0.05, 0) is 18.4 Å². The third kappa shape index (κ3) is 4.04. The Hall–Kier alpha value is -1.39. The Balaban J connectivity index is 1.73. The van der Waals surface area contributed by atoms with Crippen molar-refractivity contribution in [3.05, 3.63) is 35.9 Å². The molecule has 1 aliphatic carbocycles. The van der Waals surface area contributed by atoms with E-state index in [-0.39, 0.29) is 19.1 Å². The molecule has 4 nitrogen and oxygen atoms in total. The number of carbonyl (C=O) groups excluding carboxylic acids is 1. The first-order valence-electron chi connectivity index (χ1n) is 6.78. The number of nitrogens with one attached hydrogen (secondary N) is 1. The molecular weight excluding hydrogens is 242 g/mol. The van der Waals surface area contributed by atoms with E-state index >= 15 is 0 Å². The summed E-state index contributed by atoms with van der Waals surface area (Å²) in [4.78, 5) is 11.8. The van der Waals surface area contributed by atoms with Crippen molar-refractivity contribution in [2.24, 2.45) is 0 Å². The van der Waals surface area contributed by atoms with Gasteiger partial charge >= 0.3 is 0 Å². The van der Waals surface area contributed by atoms with E-state index in [4.69, 9.17) is 4.74 Å². The van der Waals surface area contributed by atoms with Gasteiger partial charge in [0.2, 0.25) is 5.91 Å². The number of amides is 1. The highest BCUT2D eigenvalue weighted by Gasteiger charge is 2.34. The summed E-state index contributed by atoms with van der Waals surface area (Å²) in [5.74, 6) is -0.146. The number of carbonyl (C=O) groups is 1. The fourth-order valence-electron chi connectivity index (χ4n) is 2.54. The third-order valence-corrected chi connectivity index (χ3v) is 3.61. The van der Waals surface area contributed by atoms with Crippen LogP contribution in [-0.4, -0.2) is 29.8 Å². The highest BCUT2D eigenvalue weighted by molar-refractivity contribution is 5.78. The minimum atomic E-state index is -0.410. The minimum Gasteiger partial charge on any atom is -0.394 e. The molecule has 1 saturated carbocycles. The number of ether oxygens (including phenoxy) is 1. The first kappa shape index (κ1) is 14.0. The van der Waals surface area contributed by atoms with Crippen LogP contribution in [0.1, 0.15) is 31.2 Å². The summed E-state index contributed by atoms with van der Waals surface area (Å²) in [5, 5.41) is 12.3. The number of aliphatic hydroxyl groups excluding tert-OH is 1. The molecule has 2 N–H and O–H groups in total. The second-order valence-electron chi connectivity index (χ2n) is 5.17. The maximum atomic E-state index is 11.8. The van der Waals surface area contributed by atoms with Crippen LogP contribution in [0.3, 0.4) is 0 Å². The van der Waals surface area contributed by atoms with Crippen molar-refractivity contribution in [1.82, 2.24) is 5.32 Å². The van der Waals surface area contributed by atoms with E-state index in [1.165, 1.54) is 0 Å². The normalized spacial score (nSPS) is 17.3. The number of aliphatic hydroxyl groups is 1. The first-order chi connectivity index (χ1) is 9.24. The zero-order valence-electron chi connectivity index (χ0n) is 11.1. The molecule has 0 radical (unpaired) electrons. The van der Waals surface area contributed by atoms with Gasteiger partial charge in [-0.25, -0.2) is 0 Å². The van der Waals surface area contributed by atoms with Gasteiger partial charge < -0.3 is 15.2 Å². The molecule has 0 heterocycles. The fourth-order valence-corrected chi connectivity index (χ4v) is 2.54. The maximum absolute atomic E-state index is 11.8. The van der Waals surface area contributed by atoms with E-state index < -0.39 is 5.54 Å². The van der Waals surface area contributed by atoms with E-state index in [0.717, 1.165) is 31.2 Å². The summed E-state index contributed by atoms with van der Waals surface area (Å²) in [7, 11) is 0. The topological polar surface area (TPSA) is 58.6 Å². The molecule has 2 rings (SSSR count). The Kier molecular flexibility index (Phi) is 4.93. The molecule has 0 unspecified atom stereocenters. The molecule has 0 aromatic heterocycles. The van der Waals surface area contributed by atoms with E-state index in [9.17, 15) is 9.90 Å².